The molecule has 1 atom stereocenters. The summed E-state index contributed by atoms with van der Waals surface area (Å²) in [5, 5.41) is 7.61. The number of carbonyl (C=O) groups excluding carboxylic acids is 3. The summed E-state index contributed by atoms with van der Waals surface area (Å²) in [5.74, 6) is -0.508. The van der Waals surface area contributed by atoms with Gasteiger partial charge in [-0.25, -0.2) is 0 Å². The number of amides is 3. The topological polar surface area (TPSA) is 84.3 Å². The predicted octanol–water partition coefficient (Wildman–Crippen LogP) is 3.58. The average Bonchev–Trinajstić information content (AvgIpc) is 3.25. The van der Waals surface area contributed by atoms with Crippen molar-refractivity contribution in [1.29, 1.82) is 0 Å². The Hall–Kier alpha value is -3.39. The minimum atomic E-state index is -0.861. The molecule has 2 aromatic carbocycles. The third-order valence-corrected chi connectivity index (χ3v) is 6.83. The second kappa shape index (κ2) is 10.3. The molecule has 8 heteroatoms. The van der Waals surface area contributed by atoms with E-state index in [1.54, 1.807) is 36.0 Å². The summed E-state index contributed by atoms with van der Waals surface area (Å²) in [4.78, 5) is 40.4. The molecule has 1 N–H and O–H groups in total. The number of aryl methyl sites for hydroxylation is 1. The van der Waals surface area contributed by atoms with Crippen LogP contribution in [0.25, 0.3) is 0 Å². The van der Waals surface area contributed by atoms with Crippen molar-refractivity contribution in [3.8, 4) is 0 Å². The van der Waals surface area contributed by atoms with Crippen LogP contribution in [0.5, 0.6) is 0 Å². The van der Waals surface area contributed by atoms with Crippen LogP contribution < -0.4 is 5.32 Å². The number of aromatic nitrogens is 2. The fraction of sp³-hybridized carbons (Fsp3) is 0.308. The summed E-state index contributed by atoms with van der Waals surface area (Å²) in [7, 11) is 0. The van der Waals surface area contributed by atoms with E-state index in [0.29, 0.717) is 29.8 Å². The predicted molar refractivity (Wildman–Crippen MR) is 133 cm³/mol. The van der Waals surface area contributed by atoms with Gasteiger partial charge in [-0.3, -0.25) is 24.0 Å². The summed E-state index contributed by atoms with van der Waals surface area (Å²) >= 11 is 1.57. The number of hydrogen-bond acceptors (Lipinski definition) is 5. The third kappa shape index (κ3) is 4.63. The molecule has 0 bridgehead atoms. The van der Waals surface area contributed by atoms with Gasteiger partial charge in [0.05, 0.1) is 23.4 Å². The van der Waals surface area contributed by atoms with Crippen molar-refractivity contribution >= 4 is 29.5 Å². The van der Waals surface area contributed by atoms with E-state index in [-0.39, 0.29) is 12.5 Å². The van der Waals surface area contributed by atoms with Gasteiger partial charge in [0.15, 0.2) is 0 Å². The molecule has 7 nitrogen and oxygen atoms in total. The lowest BCUT2D eigenvalue weighted by Crippen LogP contribution is -2.49. The zero-order chi connectivity index (χ0) is 24.2. The Kier molecular flexibility index (Phi) is 7.17. The number of fused-ring (bicyclic) bond motifs is 1. The lowest BCUT2D eigenvalue weighted by Gasteiger charge is -2.25. The number of nitrogens with one attached hydrogen (secondary N) is 1. The Morgan fingerprint density at radius 2 is 1.62 bits per heavy atom. The van der Waals surface area contributed by atoms with Gasteiger partial charge in [-0.1, -0.05) is 42.5 Å². The van der Waals surface area contributed by atoms with Crippen LogP contribution in [0.3, 0.4) is 0 Å². The molecule has 1 aromatic heterocycles. The van der Waals surface area contributed by atoms with E-state index in [0.717, 1.165) is 27.4 Å². The van der Waals surface area contributed by atoms with Gasteiger partial charge in [-0.15, -0.1) is 0 Å². The summed E-state index contributed by atoms with van der Waals surface area (Å²) in [6, 6.07) is 15.9. The first kappa shape index (κ1) is 23.8. The first-order valence-corrected chi connectivity index (χ1v) is 12.6. The molecular weight excluding hydrogens is 448 g/mol. The van der Waals surface area contributed by atoms with Crippen molar-refractivity contribution < 1.29 is 14.4 Å². The van der Waals surface area contributed by atoms with E-state index in [4.69, 9.17) is 0 Å². The molecule has 0 unspecified atom stereocenters. The molecule has 4 rings (SSSR count). The van der Waals surface area contributed by atoms with Gasteiger partial charge < -0.3 is 5.32 Å². The first-order valence-electron chi connectivity index (χ1n) is 11.2. The van der Waals surface area contributed by atoms with Crippen molar-refractivity contribution in [2.75, 3.05) is 12.0 Å². The summed E-state index contributed by atoms with van der Waals surface area (Å²) in [6.07, 6.45) is 2.33. The number of imide groups is 1. The zero-order valence-electron chi connectivity index (χ0n) is 19.6. The second-order valence-electron chi connectivity index (χ2n) is 8.33. The maximum Gasteiger partial charge on any atom is 0.262 e. The standard InChI is InChI=1S/C26H28N4O3S/c1-17-22(18(2)29(28-17)16-19-9-5-4-6-10-19)15-27-24(31)23(13-14-34-3)30-25(32)20-11-7-8-12-21(20)26(30)33/h4-12,23H,13-16H2,1-3H3,(H,27,31)/t23-/m0/s1. The Morgan fingerprint density at radius 3 is 2.24 bits per heavy atom. The SMILES string of the molecule is CSCC[C@@H](C(=O)NCc1c(C)nn(Cc2ccccc2)c1C)N1C(=O)c2ccccc2C1=O. The van der Waals surface area contributed by atoms with Gasteiger partial charge in [0.2, 0.25) is 5.91 Å². The lowest BCUT2D eigenvalue weighted by atomic mass is 10.1. The number of benzene rings is 2. The maximum absolute atomic E-state index is 13.3. The van der Waals surface area contributed by atoms with Crippen molar-refractivity contribution in [2.45, 2.75) is 39.4 Å². The van der Waals surface area contributed by atoms with Crippen LogP contribution in [0.2, 0.25) is 0 Å². The number of carbonyl (C=O) groups is 3. The summed E-state index contributed by atoms with van der Waals surface area (Å²) < 4.78 is 1.93. The molecule has 176 valence electrons. The highest BCUT2D eigenvalue weighted by Crippen LogP contribution is 2.26. The Balaban J connectivity index is 1.50. The molecule has 1 aliphatic heterocycles. The highest BCUT2D eigenvalue weighted by atomic mass is 32.2. The monoisotopic (exact) mass is 476 g/mol. The normalized spacial score (nSPS) is 13.8. The largest absolute Gasteiger partial charge is 0.350 e. The van der Waals surface area contributed by atoms with Crippen LogP contribution in [-0.4, -0.2) is 50.5 Å². The van der Waals surface area contributed by atoms with Gasteiger partial charge in [0.25, 0.3) is 11.8 Å². The van der Waals surface area contributed by atoms with E-state index in [2.05, 4.69) is 22.5 Å². The molecule has 0 radical (unpaired) electrons. The molecule has 0 spiro atoms. The smallest absolute Gasteiger partial charge is 0.262 e. The van der Waals surface area contributed by atoms with Crippen molar-refractivity contribution in [2.24, 2.45) is 0 Å². The molecule has 0 saturated heterocycles. The van der Waals surface area contributed by atoms with Gasteiger partial charge in [0.1, 0.15) is 6.04 Å². The lowest BCUT2D eigenvalue weighted by molar-refractivity contribution is -0.125. The molecule has 3 aromatic rings. The Morgan fingerprint density at radius 1 is 1.00 bits per heavy atom. The zero-order valence-corrected chi connectivity index (χ0v) is 20.4. The fourth-order valence-electron chi connectivity index (χ4n) is 4.29. The van der Waals surface area contributed by atoms with Crippen LogP contribution in [-0.2, 0) is 17.9 Å². The van der Waals surface area contributed by atoms with E-state index < -0.39 is 17.9 Å². The molecule has 2 heterocycles. The van der Waals surface area contributed by atoms with E-state index in [9.17, 15) is 14.4 Å². The molecule has 0 fully saturated rings. The fourth-order valence-corrected chi connectivity index (χ4v) is 4.75. The molecule has 0 aliphatic carbocycles. The van der Waals surface area contributed by atoms with Crippen LogP contribution in [0.15, 0.2) is 54.6 Å². The van der Waals surface area contributed by atoms with Gasteiger partial charge in [-0.2, -0.15) is 16.9 Å². The molecule has 1 aliphatic rings. The summed E-state index contributed by atoms with van der Waals surface area (Å²) in [5.41, 5.74) is 4.60. The Bertz CT molecular complexity index is 1190. The number of nitrogens with zero attached hydrogens (tertiary/aromatic N) is 3. The Labute approximate surface area is 203 Å². The molecule has 34 heavy (non-hydrogen) atoms. The third-order valence-electron chi connectivity index (χ3n) is 6.18. The quantitative estimate of drug-likeness (QED) is 0.477. The molecule has 3 amide bonds. The van der Waals surface area contributed by atoms with Crippen LogP contribution in [0, 0.1) is 13.8 Å². The minimum absolute atomic E-state index is 0.282. The van der Waals surface area contributed by atoms with Gasteiger partial charge >= 0.3 is 0 Å². The maximum atomic E-state index is 13.3. The van der Waals surface area contributed by atoms with E-state index >= 15 is 0 Å². The van der Waals surface area contributed by atoms with Crippen LogP contribution in [0.1, 0.15) is 49.7 Å². The number of hydrogen-bond donors (Lipinski definition) is 1. The minimum Gasteiger partial charge on any atom is -0.350 e. The van der Waals surface area contributed by atoms with Crippen molar-refractivity contribution in [1.82, 2.24) is 20.0 Å². The van der Waals surface area contributed by atoms with Crippen LogP contribution in [0.4, 0.5) is 0 Å². The van der Waals surface area contributed by atoms with Crippen molar-refractivity contribution in [3.05, 3.63) is 88.2 Å². The van der Waals surface area contributed by atoms with Gasteiger partial charge in [-0.05, 0) is 50.0 Å². The highest BCUT2D eigenvalue weighted by Gasteiger charge is 2.42. The van der Waals surface area contributed by atoms with Crippen molar-refractivity contribution in [3.63, 3.8) is 0 Å². The van der Waals surface area contributed by atoms with E-state index in [1.165, 1.54) is 0 Å². The number of thioether (sulfide) groups is 1. The molecular formula is C26H28N4O3S. The van der Waals surface area contributed by atoms with E-state index in [1.807, 2.05) is 43.0 Å². The van der Waals surface area contributed by atoms with Crippen LogP contribution >= 0.6 is 11.8 Å². The molecule has 0 saturated carbocycles. The first-order chi connectivity index (χ1) is 16.4. The highest BCUT2D eigenvalue weighted by molar-refractivity contribution is 7.98. The summed E-state index contributed by atoms with van der Waals surface area (Å²) in [6.45, 7) is 4.84. The second-order valence-corrected chi connectivity index (χ2v) is 9.32. The number of rotatable bonds is 9. The van der Waals surface area contributed by atoms with Gasteiger partial charge in [0, 0.05) is 17.8 Å². The average molecular weight is 477 g/mol.